The molecule has 1 rings (SSSR count). The maximum Gasteiger partial charge on any atom is 0.320 e. The second kappa shape index (κ2) is 12.2. The molecule has 0 aliphatic carbocycles. The van der Waals surface area contributed by atoms with Crippen molar-refractivity contribution in [2.75, 3.05) is 13.1 Å². The fourth-order valence-electron chi connectivity index (χ4n) is 1.17. The lowest BCUT2D eigenvalue weighted by molar-refractivity contribution is -0.144. The van der Waals surface area contributed by atoms with Crippen LogP contribution in [0.1, 0.15) is 32.3 Å². The van der Waals surface area contributed by atoms with Crippen molar-refractivity contribution in [2.45, 2.75) is 33.3 Å². The van der Waals surface area contributed by atoms with Gasteiger partial charge in [0.1, 0.15) is 6.61 Å². The number of carbonyl (C=O) groups is 2. The van der Waals surface area contributed by atoms with E-state index in [-0.39, 0.29) is 32.1 Å². The van der Waals surface area contributed by atoms with Crippen LogP contribution in [0.15, 0.2) is 30.3 Å². The van der Waals surface area contributed by atoms with Crippen molar-refractivity contribution in [3.63, 3.8) is 0 Å². The molecule has 0 saturated carbocycles. The summed E-state index contributed by atoms with van der Waals surface area (Å²) in [6.45, 7) is 4.77. The average Bonchev–Trinajstić information content (AvgIpc) is 2.43. The van der Waals surface area contributed by atoms with Crippen LogP contribution < -0.4 is 5.32 Å². The van der Waals surface area contributed by atoms with Gasteiger partial charge >= 0.3 is 11.9 Å². The molecule has 0 saturated heterocycles. The normalized spacial score (nSPS) is 9.30. The third-order valence-corrected chi connectivity index (χ3v) is 2.03. The van der Waals surface area contributed by atoms with Gasteiger partial charge in [-0.2, -0.15) is 0 Å². The molecule has 112 valence electrons. The van der Waals surface area contributed by atoms with Gasteiger partial charge in [0.25, 0.3) is 0 Å². The van der Waals surface area contributed by atoms with Crippen molar-refractivity contribution in [1.82, 2.24) is 5.32 Å². The van der Waals surface area contributed by atoms with Crippen molar-refractivity contribution in [3.8, 4) is 0 Å². The fraction of sp³-hybridized carbons (Fsp3) is 0.467. The average molecular weight is 281 g/mol. The number of aliphatic carboxylic acids is 1. The summed E-state index contributed by atoms with van der Waals surface area (Å²) in [6, 6.07) is 9.36. The predicted octanol–water partition coefficient (Wildman–Crippen LogP) is 2.21. The van der Waals surface area contributed by atoms with Crippen molar-refractivity contribution >= 4 is 11.9 Å². The van der Waals surface area contributed by atoms with Crippen LogP contribution in [0.4, 0.5) is 0 Å². The maximum atomic E-state index is 11.2. The third-order valence-electron chi connectivity index (χ3n) is 2.03. The monoisotopic (exact) mass is 281 g/mol. The summed E-state index contributed by atoms with van der Waals surface area (Å²) < 4.78 is 4.99. The first-order valence-corrected chi connectivity index (χ1v) is 6.72. The molecule has 0 fully saturated rings. The van der Waals surface area contributed by atoms with E-state index < -0.39 is 5.97 Å². The van der Waals surface area contributed by atoms with Gasteiger partial charge in [0.05, 0.1) is 13.0 Å². The number of carboxylic acids is 1. The number of hydrogen-bond acceptors (Lipinski definition) is 4. The molecule has 0 aromatic heterocycles. The summed E-state index contributed by atoms with van der Waals surface area (Å²) in [6.07, 6.45) is 1.24. The zero-order valence-electron chi connectivity index (χ0n) is 12.1. The van der Waals surface area contributed by atoms with Gasteiger partial charge in [-0.05, 0) is 5.56 Å². The van der Waals surface area contributed by atoms with E-state index in [1.807, 2.05) is 30.3 Å². The quantitative estimate of drug-likeness (QED) is 0.592. The molecule has 0 unspecified atom stereocenters. The Balaban J connectivity index is 0.00000110. The van der Waals surface area contributed by atoms with E-state index in [9.17, 15) is 9.59 Å². The van der Waals surface area contributed by atoms with Gasteiger partial charge in [-0.15, -0.1) is 0 Å². The molecule has 5 heteroatoms. The van der Waals surface area contributed by atoms with Crippen LogP contribution in [-0.2, 0) is 20.9 Å². The fourth-order valence-corrected chi connectivity index (χ4v) is 1.17. The Bertz CT molecular complexity index is 379. The summed E-state index contributed by atoms with van der Waals surface area (Å²) in [5.41, 5.74) is 0.923. The highest BCUT2D eigenvalue weighted by Crippen LogP contribution is 2.00. The van der Waals surface area contributed by atoms with Crippen LogP contribution in [0.2, 0.25) is 0 Å². The minimum absolute atomic E-state index is 0.00797. The van der Waals surface area contributed by atoms with Crippen molar-refractivity contribution in [3.05, 3.63) is 35.9 Å². The minimum Gasteiger partial charge on any atom is -0.481 e. The van der Waals surface area contributed by atoms with E-state index in [2.05, 4.69) is 19.2 Å². The Labute approximate surface area is 120 Å². The van der Waals surface area contributed by atoms with Crippen LogP contribution in [0.5, 0.6) is 0 Å². The lowest BCUT2D eigenvalue weighted by atomic mass is 10.2. The SMILES string of the molecule is CCC.O=C(O)CCNCC(=O)OCc1ccccc1. The highest BCUT2D eigenvalue weighted by molar-refractivity contribution is 5.72. The molecule has 0 amide bonds. The maximum absolute atomic E-state index is 11.2. The van der Waals surface area contributed by atoms with Crippen LogP contribution >= 0.6 is 0 Å². The van der Waals surface area contributed by atoms with Gasteiger partial charge in [-0.25, -0.2) is 0 Å². The summed E-state index contributed by atoms with van der Waals surface area (Å²) in [7, 11) is 0. The summed E-state index contributed by atoms with van der Waals surface area (Å²) in [4.78, 5) is 21.4. The molecule has 0 bridgehead atoms. The van der Waals surface area contributed by atoms with Gasteiger partial charge in [-0.3, -0.25) is 9.59 Å². The number of benzene rings is 1. The van der Waals surface area contributed by atoms with Crippen LogP contribution in [-0.4, -0.2) is 30.1 Å². The summed E-state index contributed by atoms with van der Waals surface area (Å²) in [5.74, 6) is -1.28. The van der Waals surface area contributed by atoms with Crippen molar-refractivity contribution in [1.29, 1.82) is 0 Å². The second-order valence-corrected chi connectivity index (χ2v) is 4.17. The minimum atomic E-state index is -0.893. The van der Waals surface area contributed by atoms with Crippen LogP contribution in [0, 0.1) is 0 Å². The molecule has 0 spiro atoms. The predicted molar refractivity (Wildman–Crippen MR) is 77.3 cm³/mol. The Morgan fingerprint density at radius 2 is 1.80 bits per heavy atom. The lowest BCUT2D eigenvalue weighted by Crippen LogP contribution is -2.26. The molecule has 0 atom stereocenters. The van der Waals surface area contributed by atoms with Gasteiger partial charge in [0.2, 0.25) is 0 Å². The number of rotatable bonds is 7. The van der Waals surface area contributed by atoms with E-state index in [0.29, 0.717) is 0 Å². The van der Waals surface area contributed by atoms with E-state index in [1.54, 1.807) is 0 Å². The number of carboxylic acid groups (broad SMARTS) is 1. The van der Waals surface area contributed by atoms with E-state index in [4.69, 9.17) is 9.84 Å². The topological polar surface area (TPSA) is 75.6 Å². The smallest absolute Gasteiger partial charge is 0.320 e. The highest BCUT2D eigenvalue weighted by atomic mass is 16.5. The molecule has 0 aliphatic heterocycles. The van der Waals surface area contributed by atoms with Gasteiger partial charge in [0.15, 0.2) is 0 Å². The standard InChI is InChI=1S/C12H15NO4.C3H8/c14-11(15)6-7-13-8-12(16)17-9-10-4-2-1-3-5-10;1-3-2/h1-5,13H,6-9H2,(H,14,15);3H2,1-2H3. The van der Waals surface area contributed by atoms with Crippen molar-refractivity contribution in [2.24, 2.45) is 0 Å². The Hall–Kier alpha value is -1.88. The zero-order chi connectivity index (χ0) is 15.2. The Morgan fingerprint density at radius 3 is 2.35 bits per heavy atom. The van der Waals surface area contributed by atoms with Crippen molar-refractivity contribution < 1.29 is 19.4 Å². The largest absolute Gasteiger partial charge is 0.481 e. The molecular weight excluding hydrogens is 258 g/mol. The summed E-state index contributed by atoms with van der Waals surface area (Å²) in [5, 5.41) is 11.1. The molecule has 1 aromatic carbocycles. The molecule has 20 heavy (non-hydrogen) atoms. The van der Waals surface area contributed by atoms with Gasteiger partial charge in [0, 0.05) is 6.54 Å². The molecular formula is C15H23NO4. The lowest BCUT2D eigenvalue weighted by Gasteiger charge is -2.05. The zero-order valence-corrected chi connectivity index (χ0v) is 12.1. The molecule has 5 nitrogen and oxygen atoms in total. The van der Waals surface area contributed by atoms with Crippen LogP contribution in [0.25, 0.3) is 0 Å². The van der Waals surface area contributed by atoms with Gasteiger partial charge < -0.3 is 15.2 Å². The first-order valence-electron chi connectivity index (χ1n) is 6.72. The Kier molecular flexibility index (Phi) is 11.0. The Morgan fingerprint density at radius 1 is 1.20 bits per heavy atom. The second-order valence-electron chi connectivity index (χ2n) is 4.17. The van der Waals surface area contributed by atoms with Gasteiger partial charge in [-0.1, -0.05) is 50.6 Å². The number of ether oxygens (including phenoxy) is 1. The molecule has 2 N–H and O–H groups in total. The first-order chi connectivity index (χ1) is 9.60. The molecule has 0 aliphatic rings. The number of nitrogens with one attached hydrogen (secondary N) is 1. The first kappa shape index (κ1) is 18.1. The highest BCUT2D eigenvalue weighted by Gasteiger charge is 2.03. The molecule has 0 heterocycles. The van der Waals surface area contributed by atoms with E-state index in [0.717, 1.165) is 5.56 Å². The summed E-state index contributed by atoms with van der Waals surface area (Å²) >= 11 is 0. The van der Waals surface area contributed by atoms with E-state index >= 15 is 0 Å². The third kappa shape index (κ3) is 11.2. The number of hydrogen-bond donors (Lipinski definition) is 2. The van der Waals surface area contributed by atoms with Crippen LogP contribution in [0.3, 0.4) is 0 Å². The molecule has 0 radical (unpaired) electrons. The molecule has 1 aromatic rings. The number of esters is 1. The van der Waals surface area contributed by atoms with E-state index in [1.165, 1.54) is 6.42 Å². The number of carbonyl (C=O) groups excluding carboxylic acids is 1.